The van der Waals surface area contributed by atoms with Crippen molar-refractivity contribution in [3.05, 3.63) is 59.7 Å². The Labute approximate surface area is 87.0 Å². The molecule has 0 amide bonds. The fourth-order valence-corrected chi connectivity index (χ4v) is 1.39. The van der Waals surface area contributed by atoms with Gasteiger partial charge in [-0.2, -0.15) is 0 Å². The summed E-state index contributed by atoms with van der Waals surface area (Å²) in [5, 5.41) is 0. The third kappa shape index (κ3) is 3.61. The van der Waals surface area contributed by atoms with Crippen molar-refractivity contribution in [3.63, 3.8) is 0 Å². The van der Waals surface area contributed by atoms with Gasteiger partial charge < -0.3 is 0 Å². The standard InChI is InChI=1S/C14H18/c1-3-5-8-13-10-7-11-14(12-13)9-6-4-2/h3-7,10-12H,8-9H2,1-2H3/b5-3-,6-4-. The minimum atomic E-state index is 1.04. The molecule has 0 radical (unpaired) electrons. The van der Waals surface area contributed by atoms with E-state index in [2.05, 4.69) is 62.4 Å². The summed E-state index contributed by atoms with van der Waals surface area (Å²) in [7, 11) is 0. The van der Waals surface area contributed by atoms with Crippen LogP contribution in [0.2, 0.25) is 0 Å². The fraction of sp³-hybridized carbons (Fsp3) is 0.286. The number of benzene rings is 1. The second-order valence-corrected chi connectivity index (χ2v) is 3.37. The summed E-state index contributed by atoms with van der Waals surface area (Å²) < 4.78 is 0. The van der Waals surface area contributed by atoms with Crippen molar-refractivity contribution in [2.75, 3.05) is 0 Å². The first-order valence-electron chi connectivity index (χ1n) is 5.17. The molecule has 0 unspecified atom stereocenters. The van der Waals surface area contributed by atoms with E-state index < -0.39 is 0 Å². The Morgan fingerprint density at radius 3 is 1.86 bits per heavy atom. The molecule has 0 bridgehead atoms. The molecule has 14 heavy (non-hydrogen) atoms. The van der Waals surface area contributed by atoms with Crippen LogP contribution in [-0.4, -0.2) is 0 Å². The van der Waals surface area contributed by atoms with Gasteiger partial charge in [0.2, 0.25) is 0 Å². The molecule has 0 N–H and O–H groups in total. The monoisotopic (exact) mass is 186 g/mol. The van der Waals surface area contributed by atoms with E-state index in [4.69, 9.17) is 0 Å². The molecule has 0 aromatic heterocycles. The van der Waals surface area contributed by atoms with Gasteiger partial charge in [-0.3, -0.25) is 0 Å². The Bertz CT molecular complexity index is 289. The minimum Gasteiger partial charge on any atom is -0.0913 e. The summed E-state index contributed by atoms with van der Waals surface area (Å²) >= 11 is 0. The highest BCUT2D eigenvalue weighted by molar-refractivity contribution is 5.26. The van der Waals surface area contributed by atoms with Crippen LogP contribution in [0.15, 0.2) is 48.6 Å². The van der Waals surface area contributed by atoms with Gasteiger partial charge in [-0.25, -0.2) is 0 Å². The van der Waals surface area contributed by atoms with Crippen LogP contribution in [0.4, 0.5) is 0 Å². The molecule has 0 aliphatic rings. The predicted octanol–water partition coefficient (Wildman–Crippen LogP) is 3.92. The summed E-state index contributed by atoms with van der Waals surface area (Å²) in [5.41, 5.74) is 2.79. The number of rotatable bonds is 4. The first-order chi connectivity index (χ1) is 6.86. The molecule has 0 saturated carbocycles. The summed E-state index contributed by atoms with van der Waals surface area (Å²) in [4.78, 5) is 0. The van der Waals surface area contributed by atoms with Crippen molar-refractivity contribution in [1.29, 1.82) is 0 Å². The number of allylic oxidation sites excluding steroid dienone is 4. The maximum absolute atomic E-state index is 2.28. The van der Waals surface area contributed by atoms with Crippen LogP contribution in [0, 0.1) is 0 Å². The van der Waals surface area contributed by atoms with Gasteiger partial charge in [-0.15, -0.1) is 0 Å². The Morgan fingerprint density at radius 1 is 0.929 bits per heavy atom. The topological polar surface area (TPSA) is 0 Å². The Kier molecular flexibility index (Phi) is 4.77. The Balaban J connectivity index is 2.68. The van der Waals surface area contributed by atoms with E-state index in [1.54, 1.807) is 0 Å². The van der Waals surface area contributed by atoms with E-state index in [1.165, 1.54) is 11.1 Å². The first-order valence-corrected chi connectivity index (χ1v) is 5.17. The lowest BCUT2D eigenvalue weighted by atomic mass is 10.1. The van der Waals surface area contributed by atoms with Crippen molar-refractivity contribution < 1.29 is 0 Å². The van der Waals surface area contributed by atoms with Crippen LogP contribution in [0.3, 0.4) is 0 Å². The SMILES string of the molecule is C/C=C\Cc1cccc(C/C=C\C)c1. The molecule has 74 valence electrons. The fourth-order valence-electron chi connectivity index (χ4n) is 1.39. The summed E-state index contributed by atoms with van der Waals surface area (Å²) in [6.07, 6.45) is 10.7. The second kappa shape index (κ2) is 6.20. The number of hydrogen-bond donors (Lipinski definition) is 0. The van der Waals surface area contributed by atoms with Gasteiger partial charge in [0, 0.05) is 0 Å². The molecule has 0 heterocycles. The average Bonchev–Trinajstić information content (AvgIpc) is 2.24. The molecule has 1 rings (SSSR count). The lowest BCUT2D eigenvalue weighted by molar-refractivity contribution is 1.20. The van der Waals surface area contributed by atoms with Crippen LogP contribution < -0.4 is 0 Å². The highest BCUT2D eigenvalue weighted by Crippen LogP contribution is 2.07. The Morgan fingerprint density at radius 2 is 1.43 bits per heavy atom. The van der Waals surface area contributed by atoms with Crippen molar-refractivity contribution in [3.8, 4) is 0 Å². The van der Waals surface area contributed by atoms with Crippen LogP contribution in [0.25, 0.3) is 0 Å². The molecule has 0 spiro atoms. The van der Waals surface area contributed by atoms with Crippen LogP contribution in [-0.2, 0) is 12.8 Å². The van der Waals surface area contributed by atoms with Crippen LogP contribution in [0.1, 0.15) is 25.0 Å². The molecular weight excluding hydrogens is 168 g/mol. The van der Waals surface area contributed by atoms with Crippen molar-refractivity contribution in [2.45, 2.75) is 26.7 Å². The van der Waals surface area contributed by atoms with Gasteiger partial charge in [-0.05, 0) is 37.8 Å². The smallest absolute Gasteiger partial charge is 0.00975 e. The average molecular weight is 186 g/mol. The van der Waals surface area contributed by atoms with E-state index in [9.17, 15) is 0 Å². The van der Waals surface area contributed by atoms with Gasteiger partial charge in [0.05, 0.1) is 0 Å². The molecule has 0 aliphatic carbocycles. The normalized spacial score (nSPS) is 11.6. The summed E-state index contributed by atoms with van der Waals surface area (Å²) in [6, 6.07) is 8.77. The van der Waals surface area contributed by atoms with E-state index in [0.29, 0.717) is 0 Å². The van der Waals surface area contributed by atoms with Gasteiger partial charge in [0.25, 0.3) is 0 Å². The van der Waals surface area contributed by atoms with Gasteiger partial charge >= 0.3 is 0 Å². The van der Waals surface area contributed by atoms with E-state index >= 15 is 0 Å². The van der Waals surface area contributed by atoms with E-state index in [1.807, 2.05) is 0 Å². The molecule has 0 nitrogen and oxygen atoms in total. The second-order valence-electron chi connectivity index (χ2n) is 3.37. The quantitative estimate of drug-likeness (QED) is 0.625. The Hall–Kier alpha value is -1.30. The molecular formula is C14H18. The maximum atomic E-state index is 2.28. The lowest BCUT2D eigenvalue weighted by Gasteiger charge is -2.00. The van der Waals surface area contributed by atoms with Crippen LogP contribution in [0.5, 0.6) is 0 Å². The largest absolute Gasteiger partial charge is 0.0913 e. The predicted molar refractivity (Wildman–Crippen MR) is 63.5 cm³/mol. The third-order valence-corrected chi connectivity index (χ3v) is 2.17. The first kappa shape index (κ1) is 10.8. The van der Waals surface area contributed by atoms with E-state index in [-0.39, 0.29) is 0 Å². The molecule has 1 aromatic rings. The van der Waals surface area contributed by atoms with Crippen molar-refractivity contribution in [1.82, 2.24) is 0 Å². The molecule has 0 heteroatoms. The summed E-state index contributed by atoms with van der Waals surface area (Å²) in [6.45, 7) is 4.12. The molecule has 0 aliphatic heterocycles. The van der Waals surface area contributed by atoms with Crippen LogP contribution >= 0.6 is 0 Å². The molecule has 0 saturated heterocycles. The van der Waals surface area contributed by atoms with Gasteiger partial charge in [0.1, 0.15) is 0 Å². The highest BCUT2D eigenvalue weighted by Gasteiger charge is 1.92. The van der Waals surface area contributed by atoms with Crippen molar-refractivity contribution in [2.24, 2.45) is 0 Å². The zero-order valence-corrected chi connectivity index (χ0v) is 9.03. The lowest BCUT2D eigenvalue weighted by Crippen LogP contribution is -1.85. The zero-order chi connectivity index (χ0) is 10.2. The van der Waals surface area contributed by atoms with E-state index in [0.717, 1.165) is 12.8 Å². The molecule has 1 aromatic carbocycles. The summed E-state index contributed by atoms with van der Waals surface area (Å²) in [5.74, 6) is 0. The number of hydrogen-bond acceptors (Lipinski definition) is 0. The van der Waals surface area contributed by atoms with Crippen molar-refractivity contribution >= 4 is 0 Å². The molecule has 0 fully saturated rings. The maximum Gasteiger partial charge on any atom is -0.00975 e. The minimum absolute atomic E-state index is 1.04. The van der Waals surface area contributed by atoms with Gasteiger partial charge in [0.15, 0.2) is 0 Å². The third-order valence-electron chi connectivity index (χ3n) is 2.17. The molecule has 0 atom stereocenters. The highest BCUT2D eigenvalue weighted by atomic mass is 14.0. The van der Waals surface area contributed by atoms with Gasteiger partial charge in [-0.1, -0.05) is 48.6 Å². The zero-order valence-electron chi connectivity index (χ0n) is 9.03.